The van der Waals surface area contributed by atoms with Crippen LogP contribution in [-0.4, -0.2) is 39.6 Å². The van der Waals surface area contributed by atoms with Crippen molar-refractivity contribution in [2.75, 3.05) is 0 Å². The first-order chi connectivity index (χ1) is 7.27. The number of Topliss-reactive ketones (excluding diaryl/α,β-unsaturated/α-hetero) is 1. The summed E-state index contributed by atoms with van der Waals surface area (Å²) in [5.41, 5.74) is -0.811. The van der Waals surface area contributed by atoms with Crippen molar-refractivity contribution in [1.29, 1.82) is 0 Å². The van der Waals surface area contributed by atoms with Gasteiger partial charge in [0.2, 0.25) is 6.10 Å². The average Bonchev–Trinajstić information content (AvgIpc) is 2.24. The Morgan fingerprint density at radius 3 is 1.88 bits per heavy atom. The minimum Gasteiger partial charge on any atom is -0.479 e. The number of aliphatic carboxylic acids is 2. The molecule has 0 heterocycles. The third kappa shape index (κ3) is 3.62. The van der Waals surface area contributed by atoms with Crippen molar-refractivity contribution in [2.24, 2.45) is 0 Å². The Morgan fingerprint density at radius 1 is 1.19 bits per heavy atom. The van der Waals surface area contributed by atoms with E-state index in [4.69, 9.17) is 14.9 Å². The number of ether oxygens (including phenoxy) is 1. The Balaban J connectivity index is 4.90. The van der Waals surface area contributed by atoms with Gasteiger partial charge in [0.05, 0.1) is 5.60 Å². The summed E-state index contributed by atoms with van der Waals surface area (Å²) in [6, 6.07) is 0. The quantitative estimate of drug-likeness (QED) is 0.494. The second kappa shape index (κ2) is 5.60. The Bertz CT molecular complexity index is 292. The van der Waals surface area contributed by atoms with Gasteiger partial charge >= 0.3 is 11.9 Å². The van der Waals surface area contributed by atoms with Crippen LogP contribution in [0.4, 0.5) is 0 Å². The summed E-state index contributed by atoms with van der Waals surface area (Å²) in [5.74, 6) is -4.84. The first-order valence-electron chi connectivity index (χ1n) is 4.95. The van der Waals surface area contributed by atoms with E-state index < -0.39 is 29.4 Å². The van der Waals surface area contributed by atoms with Gasteiger partial charge < -0.3 is 14.9 Å². The lowest BCUT2D eigenvalue weighted by Gasteiger charge is -2.29. The van der Waals surface area contributed by atoms with Crippen LogP contribution in [-0.2, 0) is 19.1 Å². The molecule has 1 unspecified atom stereocenters. The van der Waals surface area contributed by atoms with Crippen molar-refractivity contribution in [3.05, 3.63) is 0 Å². The fourth-order valence-electron chi connectivity index (χ4n) is 1.03. The number of carboxylic acid groups (broad SMARTS) is 2. The largest absolute Gasteiger partial charge is 0.479 e. The van der Waals surface area contributed by atoms with Gasteiger partial charge in [0.1, 0.15) is 0 Å². The molecule has 0 spiro atoms. The molecule has 0 fully saturated rings. The van der Waals surface area contributed by atoms with Crippen molar-refractivity contribution in [3.8, 4) is 0 Å². The van der Waals surface area contributed by atoms with Crippen LogP contribution >= 0.6 is 0 Å². The zero-order valence-electron chi connectivity index (χ0n) is 9.52. The minimum absolute atomic E-state index is 0.486. The molecule has 0 aliphatic heterocycles. The molecule has 0 aliphatic rings. The molecule has 16 heavy (non-hydrogen) atoms. The molecule has 0 amide bonds. The second-order valence-electron chi connectivity index (χ2n) is 3.66. The van der Waals surface area contributed by atoms with Crippen molar-refractivity contribution in [1.82, 2.24) is 0 Å². The highest BCUT2D eigenvalue weighted by molar-refractivity contribution is 6.38. The van der Waals surface area contributed by atoms with E-state index in [0.717, 1.165) is 0 Å². The maximum absolute atomic E-state index is 11.1. The minimum atomic E-state index is -1.94. The van der Waals surface area contributed by atoms with Gasteiger partial charge in [-0.05, 0) is 19.8 Å². The van der Waals surface area contributed by atoms with Gasteiger partial charge in [-0.1, -0.05) is 13.8 Å². The maximum Gasteiger partial charge on any atom is 0.375 e. The Kier molecular flexibility index (Phi) is 5.10. The number of rotatable bonds is 7. The van der Waals surface area contributed by atoms with Gasteiger partial charge in [-0.15, -0.1) is 0 Å². The number of hydrogen-bond acceptors (Lipinski definition) is 4. The topological polar surface area (TPSA) is 101 Å². The highest BCUT2D eigenvalue weighted by atomic mass is 16.5. The number of carboxylic acids is 2. The molecular weight excluding hydrogens is 216 g/mol. The average molecular weight is 232 g/mol. The number of carbonyl (C=O) groups is 3. The monoisotopic (exact) mass is 232 g/mol. The standard InChI is InChI=1S/C10H16O6/c1-4-10(3,5-2)16-7(9(14)15)6(11)8(12)13/h7H,4-5H2,1-3H3,(H,12,13)(H,14,15). The molecule has 6 nitrogen and oxygen atoms in total. The smallest absolute Gasteiger partial charge is 0.375 e. The molecule has 0 aromatic rings. The zero-order chi connectivity index (χ0) is 12.9. The molecule has 6 heteroatoms. The molecule has 0 rings (SSSR count). The van der Waals surface area contributed by atoms with E-state index in [-0.39, 0.29) is 0 Å². The summed E-state index contributed by atoms with van der Waals surface area (Å²) >= 11 is 0. The van der Waals surface area contributed by atoms with E-state index in [0.29, 0.717) is 12.8 Å². The second-order valence-corrected chi connectivity index (χ2v) is 3.66. The van der Waals surface area contributed by atoms with Crippen LogP contribution in [0, 0.1) is 0 Å². The Morgan fingerprint density at radius 2 is 1.62 bits per heavy atom. The summed E-state index contributed by atoms with van der Waals surface area (Å²) < 4.78 is 5.09. The van der Waals surface area contributed by atoms with E-state index >= 15 is 0 Å². The number of carbonyl (C=O) groups excluding carboxylic acids is 1. The summed E-state index contributed by atoms with van der Waals surface area (Å²) in [6.07, 6.45) is -0.970. The normalized spacial score (nSPS) is 13.2. The van der Waals surface area contributed by atoms with E-state index in [1.54, 1.807) is 20.8 Å². The Labute approximate surface area is 93.2 Å². The van der Waals surface area contributed by atoms with Crippen LogP contribution in [0.15, 0.2) is 0 Å². The molecule has 92 valence electrons. The lowest BCUT2D eigenvalue weighted by molar-refractivity contribution is -0.175. The van der Waals surface area contributed by atoms with Gasteiger partial charge in [-0.3, -0.25) is 4.79 Å². The predicted molar refractivity (Wildman–Crippen MR) is 54.1 cm³/mol. The van der Waals surface area contributed by atoms with Crippen LogP contribution in [0.3, 0.4) is 0 Å². The molecule has 0 saturated heterocycles. The number of hydrogen-bond donors (Lipinski definition) is 2. The molecule has 0 aromatic carbocycles. The van der Waals surface area contributed by atoms with Crippen molar-refractivity contribution in [3.63, 3.8) is 0 Å². The zero-order valence-corrected chi connectivity index (χ0v) is 9.52. The van der Waals surface area contributed by atoms with Crippen LogP contribution < -0.4 is 0 Å². The summed E-state index contributed by atoms with van der Waals surface area (Å²) in [6.45, 7) is 5.18. The van der Waals surface area contributed by atoms with Crippen molar-refractivity contribution < 1.29 is 29.3 Å². The van der Waals surface area contributed by atoms with Crippen molar-refractivity contribution >= 4 is 17.7 Å². The van der Waals surface area contributed by atoms with Gasteiger partial charge in [0.25, 0.3) is 5.78 Å². The van der Waals surface area contributed by atoms with Gasteiger partial charge in [-0.2, -0.15) is 0 Å². The van der Waals surface area contributed by atoms with Crippen LogP contribution in [0.5, 0.6) is 0 Å². The maximum atomic E-state index is 11.1. The highest BCUT2D eigenvalue weighted by Gasteiger charge is 2.37. The van der Waals surface area contributed by atoms with Crippen LogP contribution in [0.2, 0.25) is 0 Å². The lowest BCUT2D eigenvalue weighted by atomic mass is 9.99. The summed E-state index contributed by atoms with van der Waals surface area (Å²) in [7, 11) is 0. The molecular formula is C10H16O6. The molecule has 2 N–H and O–H groups in total. The molecule has 0 aliphatic carbocycles. The SMILES string of the molecule is CCC(C)(CC)OC(C(=O)O)C(=O)C(=O)O. The fraction of sp³-hybridized carbons (Fsp3) is 0.700. The lowest BCUT2D eigenvalue weighted by Crippen LogP contribution is -2.44. The van der Waals surface area contributed by atoms with E-state index in [9.17, 15) is 14.4 Å². The first-order valence-corrected chi connectivity index (χ1v) is 4.95. The predicted octanol–water partition coefficient (Wildman–Crippen LogP) is 0.689. The van der Waals surface area contributed by atoms with Crippen molar-refractivity contribution in [2.45, 2.75) is 45.3 Å². The molecule has 0 bridgehead atoms. The van der Waals surface area contributed by atoms with Gasteiger partial charge in [0, 0.05) is 0 Å². The summed E-state index contributed by atoms with van der Waals surface area (Å²) in [5, 5.41) is 17.2. The molecule has 0 radical (unpaired) electrons. The third-order valence-corrected chi connectivity index (χ3v) is 2.57. The first kappa shape index (κ1) is 14.6. The summed E-state index contributed by atoms with van der Waals surface area (Å²) in [4.78, 5) is 32.2. The Hall–Kier alpha value is -1.43. The van der Waals surface area contributed by atoms with Crippen LogP contribution in [0.25, 0.3) is 0 Å². The number of ketones is 1. The molecule has 1 atom stereocenters. The van der Waals surface area contributed by atoms with Crippen LogP contribution in [0.1, 0.15) is 33.6 Å². The molecule has 0 aromatic heterocycles. The van der Waals surface area contributed by atoms with Gasteiger partial charge in [0.15, 0.2) is 0 Å². The third-order valence-electron chi connectivity index (χ3n) is 2.57. The van der Waals surface area contributed by atoms with E-state index in [2.05, 4.69) is 0 Å². The van der Waals surface area contributed by atoms with E-state index in [1.165, 1.54) is 0 Å². The van der Waals surface area contributed by atoms with E-state index in [1.807, 2.05) is 0 Å². The van der Waals surface area contributed by atoms with Gasteiger partial charge in [-0.25, -0.2) is 9.59 Å². The molecule has 0 saturated carbocycles. The fourth-order valence-corrected chi connectivity index (χ4v) is 1.03. The highest BCUT2D eigenvalue weighted by Crippen LogP contribution is 2.21.